The Hall–Kier alpha value is -1.36. The highest BCUT2D eigenvalue weighted by molar-refractivity contribution is 6.64. The van der Waals surface area contributed by atoms with E-state index in [2.05, 4.69) is 34.5 Å². The molecule has 0 fully saturated rings. The Balaban J connectivity index is 2.03. The van der Waals surface area contributed by atoms with Crippen molar-refractivity contribution < 1.29 is 4.39 Å². The number of rotatable bonds is 4. The second kappa shape index (κ2) is 6.63. The molecule has 6 heteroatoms. The normalized spacial score (nSPS) is 25.1. The first kappa shape index (κ1) is 18.0. The average molecular weight is 341 g/mol. The summed E-state index contributed by atoms with van der Waals surface area (Å²) in [5.41, 5.74) is -0.307. The SMILES string of the molecule is CC(C)(C)C1N=C(CCC(C)(C)C2C=CNC(Cl)=N2)NC=C1F. The van der Waals surface area contributed by atoms with Gasteiger partial charge in [0.1, 0.15) is 17.7 Å². The molecule has 0 aromatic heterocycles. The number of hydrogen-bond acceptors (Lipinski definition) is 4. The predicted octanol–water partition coefficient (Wildman–Crippen LogP) is 4.10. The standard InChI is InChI=1S/C17H26ClFN4/c1-16(2,3)14-11(19)10-21-13(23-14)6-8-17(4,5)12-7-9-20-15(18)22-12/h7,9-10,12,14H,6,8H2,1-5H3,(H,20,22)(H,21,23). The van der Waals surface area contributed by atoms with Gasteiger partial charge in [-0.2, -0.15) is 0 Å². The molecule has 23 heavy (non-hydrogen) atoms. The van der Waals surface area contributed by atoms with Crippen molar-refractivity contribution in [3.8, 4) is 0 Å². The summed E-state index contributed by atoms with van der Waals surface area (Å²) in [6, 6.07) is -0.403. The van der Waals surface area contributed by atoms with E-state index in [1.807, 2.05) is 33.0 Å². The maximum atomic E-state index is 14.0. The molecule has 2 aliphatic heterocycles. The third-order valence-corrected chi connectivity index (χ3v) is 4.49. The first-order chi connectivity index (χ1) is 10.6. The van der Waals surface area contributed by atoms with Gasteiger partial charge in [-0.05, 0) is 34.9 Å². The van der Waals surface area contributed by atoms with Gasteiger partial charge in [0, 0.05) is 18.8 Å². The van der Waals surface area contributed by atoms with Crippen LogP contribution >= 0.6 is 11.6 Å². The number of halogens is 2. The van der Waals surface area contributed by atoms with Crippen LogP contribution in [-0.2, 0) is 0 Å². The van der Waals surface area contributed by atoms with Gasteiger partial charge in [0.25, 0.3) is 0 Å². The van der Waals surface area contributed by atoms with Gasteiger partial charge in [-0.25, -0.2) is 9.38 Å². The van der Waals surface area contributed by atoms with Gasteiger partial charge >= 0.3 is 0 Å². The fraction of sp³-hybridized carbons (Fsp3) is 0.647. The summed E-state index contributed by atoms with van der Waals surface area (Å²) in [7, 11) is 0. The van der Waals surface area contributed by atoms with E-state index in [4.69, 9.17) is 11.6 Å². The maximum absolute atomic E-state index is 14.0. The zero-order valence-electron chi connectivity index (χ0n) is 14.5. The average Bonchev–Trinajstić information content (AvgIpc) is 2.45. The van der Waals surface area contributed by atoms with Crippen LogP contribution < -0.4 is 10.6 Å². The Morgan fingerprint density at radius 2 is 1.87 bits per heavy atom. The Labute approximate surface area is 143 Å². The molecule has 0 aliphatic carbocycles. The van der Waals surface area contributed by atoms with Crippen LogP contribution in [0.1, 0.15) is 47.5 Å². The molecule has 128 valence electrons. The van der Waals surface area contributed by atoms with Crippen LogP contribution in [0.15, 0.2) is 34.3 Å². The molecular formula is C17H26ClFN4. The van der Waals surface area contributed by atoms with E-state index in [0.29, 0.717) is 5.29 Å². The number of nitrogens with zero attached hydrogens (tertiary/aromatic N) is 2. The summed E-state index contributed by atoms with van der Waals surface area (Å²) < 4.78 is 14.0. The van der Waals surface area contributed by atoms with Gasteiger partial charge < -0.3 is 10.6 Å². The van der Waals surface area contributed by atoms with Gasteiger partial charge in [0.15, 0.2) is 5.29 Å². The highest BCUT2D eigenvalue weighted by Crippen LogP contribution is 2.33. The first-order valence-corrected chi connectivity index (χ1v) is 8.33. The van der Waals surface area contributed by atoms with Crippen molar-refractivity contribution >= 4 is 22.7 Å². The van der Waals surface area contributed by atoms with E-state index >= 15 is 0 Å². The molecule has 0 aromatic carbocycles. The molecule has 2 N–H and O–H groups in total. The molecular weight excluding hydrogens is 315 g/mol. The molecule has 4 nitrogen and oxygen atoms in total. The van der Waals surface area contributed by atoms with Gasteiger partial charge in [-0.15, -0.1) is 0 Å². The summed E-state index contributed by atoms with van der Waals surface area (Å²) in [6.45, 7) is 10.3. The highest BCUT2D eigenvalue weighted by Gasteiger charge is 2.32. The second-order valence-electron chi connectivity index (χ2n) is 7.87. The quantitative estimate of drug-likeness (QED) is 0.757. The second-order valence-corrected chi connectivity index (χ2v) is 8.23. The summed E-state index contributed by atoms with van der Waals surface area (Å²) in [6.07, 6.45) is 6.89. The Morgan fingerprint density at radius 3 is 2.48 bits per heavy atom. The third-order valence-electron chi connectivity index (χ3n) is 4.28. The van der Waals surface area contributed by atoms with E-state index in [0.717, 1.165) is 18.7 Å². The van der Waals surface area contributed by atoms with E-state index in [1.165, 1.54) is 6.20 Å². The molecule has 2 unspecified atom stereocenters. The van der Waals surface area contributed by atoms with Crippen LogP contribution in [0.2, 0.25) is 0 Å². The number of nitrogens with one attached hydrogen (secondary N) is 2. The zero-order valence-corrected chi connectivity index (χ0v) is 15.2. The van der Waals surface area contributed by atoms with E-state index in [-0.39, 0.29) is 22.7 Å². The lowest BCUT2D eigenvalue weighted by Gasteiger charge is -2.33. The van der Waals surface area contributed by atoms with Crippen molar-refractivity contribution in [2.24, 2.45) is 20.8 Å². The summed E-state index contributed by atoms with van der Waals surface area (Å²) >= 11 is 5.95. The molecule has 0 radical (unpaired) electrons. The monoisotopic (exact) mass is 340 g/mol. The molecule has 2 atom stereocenters. The molecule has 2 aliphatic rings. The lowest BCUT2D eigenvalue weighted by Crippen LogP contribution is -2.36. The fourth-order valence-corrected chi connectivity index (χ4v) is 2.83. The van der Waals surface area contributed by atoms with E-state index < -0.39 is 6.04 Å². The van der Waals surface area contributed by atoms with Crippen molar-refractivity contribution in [3.63, 3.8) is 0 Å². The van der Waals surface area contributed by atoms with Crippen molar-refractivity contribution in [2.45, 2.75) is 59.5 Å². The molecule has 0 saturated carbocycles. The van der Waals surface area contributed by atoms with Gasteiger partial charge in [-0.1, -0.05) is 34.6 Å². The Kier molecular flexibility index (Phi) is 5.19. The molecule has 0 spiro atoms. The first-order valence-electron chi connectivity index (χ1n) is 7.95. The van der Waals surface area contributed by atoms with E-state index in [1.54, 1.807) is 0 Å². The van der Waals surface area contributed by atoms with Crippen molar-refractivity contribution in [1.29, 1.82) is 0 Å². The van der Waals surface area contributed by atoms with Gasteiger partial charge in [0.2, 0.25) is 0 Å². The van der Waals surface area contributed by atoms with Crippen molar-refractivity contribution in [1.82, 2.24) is 10.6 Å². The lowest BCUT2D eigenvalue weighted by atomic mass is 9.79. The lowest BCUT2D eigenvalue weighted by molar-refractivity contribution is 0.297. The van der Waals surface area contributed by atoms with Crippen LogP contribution in [0.3, 0.4) is 0 Å². The van der Waals surface area contributed by atoms with Crippen molar-refractivity contribution in [3.05, 3.63) is 24.3 Å². The fourth-order valence-electron chi connectivity index (χ4n) is 2.66. The maximum Gasteiger partial charge on any atom is 0.195 e. The molecule has 0 aromatic rings. The number of aliphatic imine (C=N–C) groups is 2. The minimum atomic E-state index is -0.423. The summed E-state index contributed by atoms with van der Waals surface area (Å²) in [5.74, 6) is 0.616. The molecule has 0 bridgehead atoms. The minimum Gasteiger partial charge on any atom is -0.348 e. The van der Waals surface area contributed by atoms with Crippen LogP contribution in [0.4, 0.5) is 4.39 Å². The predicted molar refractivity (Wildman–Crippen MR) is 95.4 cm³/mol. The van der Waals surface area contributed by atoms with Crippen LogP contribution in [0.5, 0.6) is 0 Å². The van der Waals surface area contributed by atoms with Gasteiger partial charge in [0.05, 0.1) is 6.04 Å². The molecule has 0 amide bonds. The Morgan fingerprint density at radius 1 is 1.17 bits per heavy atom. The highest BCUT2D eigenvalue weighted by atomic mass is 35.5. The van der Waals surface area contributed by atoms with E-state index in [9.17, 15) is 4.39 Å². The molecule has 2 heterocycles. The smallest absolute Gasteiger partial charge is 0.195 e. The number of hydrogen-bond donors (Lipinski definition) is 2. The Bertz CT molecular complexity index is 570. The molecule has 0 saturated heterocycles. The van der Waals surface area contributed by atoms with Gasteiger partial charge in [-0.3, -0.25) is 4.99 Å². The molecule has 2 rings (SSSR count). The third kappa shape index (κ3) is 4.56. The zero-order chi connectivity index (χ0) is 17.3. The number of amidine groups is 2. The topological polar surface area (TPSA) is 48.8 Å². The van der Waals surface area contributed by atoms with Crippen LogP contribution in [-0.4, -0.2) is 23.2 Å². The summed E-state index contributed by atoms with van der Waals surface area (Å²) in [4.78, 5) is 9.00. The summed E-state index contributed by atoms with van der Waals surface area (Å²) in [5, 5.41) is 6.26. The largest absolute Gasteiger partial charge is 0.348 e. The van der Waals surface area contributed by atoms with Crippen LogP contribution in [0.25, 0.3) is 0 Å². The minimum absolute atomic E-state index is 0.0196. The van der Waals surface area contributed by atoms with Crippen LogP contribution in [0, 0.1) is 10.8 Å². The van der Waals surface area contributed by atoms with Crippen molar-refractivity contribution in [2.75, 3.05) is 0 Å².